The quantitative estimate of drug-likeness (QED) is 0.524. The molecule has 0 radical (unpaired) electrons. The summed E-state index contributed by atoms with van der Waals surface area (Å²) in [6.45, 7) is 7.50. The monoisotopic (exact) mass is 424 g/mol. The van der Waals surface area contributed by atoms with Crippen LogP contribution >= 0.6 is 0 Å². The summed E-state index contributed by atoms with van der Waals surface area (Å²) < 4.78 is 27.0. The highest BCUT2D eigenvalue weighted by Gasteiger charge is 2.38. The number of aryl methyl sites for hydroxylation is 1. The van der Waals surface area contributed by atoms with Gasteiger partial charge in [0.25, 0.3) is 5.95 Å². The van der Waals surface area contributed by atoms with Gasteiger partial charge in [0.2, 0.25) is 5.78 Å². The lowest BCUT2D eigenvalue weighted by molar-refractivity contribution is 0.0972. The molecule has 0 fully saturated rings. The molecule has 7 heteroatoms. The maximum atomic E-state index is 13.7. The number of carbonyl (C=O) groups is 2. The Morgan fingerprint density at radius 1 is 0.871 bits per heavy atom. The van der Waals surface area contributed by atoms with Crippen molar-refractivity contribution in [3.05, 3.63) is 70.2 Å². The molecule has 0 aromatic heterocycles. The van der Waals surface area contributed by atoms with Gasteiger partial charge in [0.05, 0.1) is 39.6 Å². The highest BCUT2D eigenvalue weighted by Crippen LogP contribution is 2.43. The lowest BCUT2D eigenvalue weighted by Gasteiger charge is -2.26. The van der Waals surface area contributed by atoms with Crippen molar-refractivity contribution in [2.45, 2.75) is 13.8 Å². The minimum atomic E-state index is -0.395. The molecular formula is C24H24O7. The molecule has 7 nitrogen and oxygen atoms in total. The Balaban J connectivity index is 2.34. The maximum absolute atomic E-state index is 13.7. The molecule has 0 saturated carbocycles. The zero-order chi connectivity index (χ0) is 22.9. The van der Waals surface area contributed by atoms with Gasteiger partial charge in [-0.05, 0) is 37.6 Å². The summed E-state index contributed by atoms with van der Waals surface area (Å²) in [4.78, 5) is 27.3. The van der Waals surface area contributed by atoms with E-state index in [1.807, 2.05) is 0 Å². The largest absolute Gasteiger partial charge is 0.497 e. The topological polar surface area (TPSA) is 80.3 Å². The zero-order valence-corrected chi connectivity index (χ0v) is 18.4. The number of benzene rings is 2. The van der Waals surface area contributed by atoms with Crippen LogP contribution in [0.2, 0.25) is 0 Å². The van der Waals surface area contributed by atoms with Gasteiger partial charge >= 0.3 is 0 Å². The molecule has 31 heavy (non-hydrogen) atoms. The second-order valence-corrected chi connectivity index (χ2v) is 6.77. The fourth-order valence-corrected chi connectivity index (χ4v) is 3.69. The van der Waals surface area contributed by atoms with Crippen LogP contribution in [0.15, 0.2) is 36.8 Å². The SMILES string of the molecule is C=C(O/C(=C\C)OC)c1c(C)cc(OC)c2c1C(=O)c1cc(OC)cc(OC)c1C2=O. The van der Waals surface area contributed by atoms with E-state index in [2.05, 4.69) is 6.58 Å². The molecule has 0 N–H and O–H groups in total. The van der Waals surface area contributed by atoms with E-state index in [1.165, 1.54) is 34.5 Å². The Bertz CT molecular complexity index is 1130. The first-order valence-corrected chi connectivity index (χ1v) is 9.47. The Morgan fingerprint density at radius 2 is 1.52 bits per heavy atom. The van der Waals surface area contributed by atoms with Crippen LogP contribution in [0.3, 0.4) is 0 Å². The second kappa shape index (κ2) is 8.55. The Labute approximate surface area is 180 Å². The van der Waals surface area contributed by atoms with Crippen LogP contribution in [0.25, 0.3) is 5.76 Å². The summed E-state index contributed by atoms with van der Waals surface area (Å²) in [5.74, 6) is 0.526. The van der Waals surface area contributed by atoms with E-state index < -0.39 is 5.78 Å². The Morgan fingerprint density at radius 3 is 2.06 bits per heavy atom. The van der Waals surface area contributed by atoms with E-state index in [9.17, 15) is 9.59 Å². The number of fused-ring (bicyclic) bond motifs is 2. The van der Waals surface area contributed by atoms with Crippen molar-refractivity contribution in [2.75, 3.05) is 28.4 Å². The highest BCUT2D eigenvalue weighted by molar-refractivity contribution is 6.31. The summed E-state index contributed by atoms with van der Waals surface area (Å²) in [6, 6.07) is 4.77. The molecule has 0 aliphatic heterocycles. The van der Waals surface area contributed by atoms with Crippen LogP contribution < -0.4 is 14.2 Å². The molecule has 1 aliphatic carbocycles. The summed E-state index contributed by atoms with van der Waals surface area (Å²) in [5, 5.41) is 0. The number of allylic oxidation sites excluding steroid dienone is 1. The molecule has 0 amide bonds. The van der Waals surface area contributed by atoms with Gasteiger partial charge < -0.3 is 23.7 Å². The molecule has 0 heterocycles. The van der Waals surface area contributed by atoms with Crippen molar-refractivity contribution < 1.29 is 33.3 Å². The van der Waals surface area contributed by atoms with Crippen LogP contribution in [0.1, 0.15) is 49.9 Å². The molecule has 0 unspecified atom stereocenters. The van der Waals surface area contributed by atoms with Crippen LogP contribution in [0.4, 0.5) is 0 Å². The fraction of sp³-hybridized carbons (Fsp3) is 0.250. The number of rotatable bonds is 7. The van der Waals surface area contributed by atoms with Crippen LogP contribution in [-0.2, 0) is 9.47 Å². The molecule has 3 rings (SSSR count). The van der Waals surface area contributed by atoms with E-state index in [0.29, 0.717) is 16.9 Å². The third kappa shape index (κ3) is 3.52. The van der Waals surface area contributed by atoms with Crippen molar-refractivity contribution >= 4 is 17.3 Å². The van der Waals surface area contributed by atoms with Crippen molar-refractivity contribution in [3.8, 4) is 17.2 Å². The molecule has 1 aliphatic rings. The van der Waals surface area contributed by atoms with E-state index in [1.54, 1.807) is 32.1 Å². The number of methoxy groups -OCH3 is 4. The van der Waals surface area contributed by atoms with E-state index >= 15 is 0 Å². The smallest absolute Gasteiger partial charge is 0.279 e. The third-order valence-electron chi connectivity index (χ3n) is 5.10. The Kier molecular flexibility index (Phi) is 6.06. The lowest BCUT2D eigenvalue weighted by atomic mass is 9.79. The summed E-state index contributed by atoms with van der Waals surface area (Å²) in [7, 11) is 5.81. The molecule has 0 atom stereocenters. The third-order valence-corrected chi connectivity index (χ3v) is 5.10. The summed E-state index contributed by atoms with van der Waals surface area (Å²) in [5.41, 5.74) is 1.68. The van der Waals surface area contributed by atoms with E-state index in [4.69, 9.17) is 23.7 Å². The van der Waals surface area contributed by atoms with Gasteiger partial charge in [-0.15, -0.1) is 0 Å². The number of ether oxygens (including phenoxy) is 5. The second-order valence-electron chi connectivity index (χ2n) is 6.77. The predicted molar refractivity (Wildman–Crippen MR) is 115 cm³/mol. The van der Waals surface area contributed by atoms with Gasteiger partial charge in [0.1, 0.15) is 23.0 Å². The van der Waals surface area contributed by atoms with Gasteiger partial charge in [-0.25, -0.2) is 0 Å². The van der Waals surface area contributed by atoms with Crippen LogP contribution in [0, 0.1) is 6.92 Å². The molecule has 0 bridgehead atoms. The number of carbonyl (C=O) groups excluding carboxylic acids is 2. The minimum absolute atomic E-state index is 0.133. The average Bonchev–Trinajstić information content (AvgIpc) is 2.78. The number of hydrogen-bond donors (Lipinski definition) is 0. The zero-order valence-electron chi connectivity index (χ0n) is 18.4. The van der Waals surface area contributed by atoms with Crippen molar-refractivity contribution in [1.29, 1.82) is 0 Å². The molecule has 2 aromatic rings. The first-order valence-electron chi connectivity index (χ1n) is 9.47. The highest BCUT2D eigenvalue weighted by atomic mass is 16.7. The van der Waals surface area contributed by atoms with E-state index in [-0.39, 0.29) is 51.2 Å². The average molecular weight is 424 g/mol. The van der Waals surface area contributed by atoms with Crippen molar-refractivity contribution in [2.24, 2.45) is 0 Å². The maximum Gasteiger partial charge on any atom is 0.279 e. The molecular weight excluding hydrogens is 400 g/mol. The van der Waals surface area contributed by atoms with Crippen molar-refractivity contribution in [3.63, 3.8) is 0 Å². The first-order chi connectivity index (χ1) is 14.8. The van der Waals surface area contributed by atoms with Gasteiger partial charge in [-0.3, -0.25) is 9.59 Å². The summed E-state index contributed by atoms with van der Waals surface area (Å²) >= 11 is 0. The summed E-state index contributed by atoms with van der Waals surface area (Å²) in [6.07, 6.45) is 1.62. The standard InChI is InChI=1S/C24H24O7/c1-8-18(30-7)31-13(3)19-12(2)9-16(28-5)21-22(19)23(25)15-10-14(27-4)11-17(29-6)20(15)24(21)26/h8-11H,3H2,1-2,4-7H3/b18-8-. The fourth-order valence-electron chi connectivity index (χ4n) is 3.69. The number of ketones is 2. The van der Waals surface area contributed by atoms with Gasteiger partial charge in [0, 0.05) is 22.8 Å². The predicted octanol–water partition coefficient (Wildman–Crippen LogP) is 4.29. The molecule has 0 spiro atoms. The normalized spacial score (nSPS) is 12.6. The van der Waals surface area contributed by atoms with Crippen LogP contribution in [0.5, 0.6) is 17.2 Å². The molecule has 162 valence electrons. The van der Waals surface area contributed by atoms with Crippen molar-refractivity contribution in [1.82, 2.24) is 0 Å². The number of hydrogen-bond acceptors (Lipinski definition) is 7. The van der Waals surface area contributed by atoms with Gasteiger partial charge in [-0.2, -0.15) is 0 Å². The minimum Gasteiger partial charge on any atom is -0.497 e. The van der Waals surface area contributed by atoms with Gasteiger partial charge in [0.15, 0.2) is 5.78 Å². The first kappa shape index (κ1) is 22.0. The van der Waals surface area contributed by atoms with Gasteiger partial charge in [-0.1, -0.05) is 6.58 Å². The Hall–Kier alpha value is -3.74. The van der Waals surface area contributed by atoms with E-state index in [0.717, 1.165) is 0 Å². The van der Waals surface area contributed by atoms with Crippen LogP contribution in [-0.4, -0.2) is 40.0 Å². The molecule has 2 aromatic carbocycles. The lowest BCUT2D eigenvalue weighted by Crippen LogP contribution is -2.25. The molecule has 0 saturated heterocycles.